The Balaban J connectivity index is 2.26. The van der Waals surface area contributed by atoms with E-state index in [0.29, 0.717) is 29.4 Å². The van der Waals surface area contributed by atoms with Gasteiger partial charge in [0.2, 0.25) is 5.91 Å². The monoisotopic (exact) mass is 386 g/mol. The number of benzene rings is 1. The van der Waals surface area contributed by atoms with E-state index in [9.17, 15) is 14.4 Å². The van der Waals surface area contributed by atoms with Gasteiger partial charge in [-0.1, -0.05) is 23.2 Å². The molecule has 1 aliphatic rings. The van der Waals surface area contributed by atoms with Crippen LogP contribution in [0.1, 0.15) is 19.8 Å². The van der Waals surface area contributed by atoms with Gasteiger partial charge < -0.3 is 19.3 Å². The molecule has 1 heterocycles. The molecule has 1 aromatic carbocycles. The summed E-state index contributed by atoms with van der Waals surface area (Å²) in [6.07, 6.45) is 0.760. The number of aldehydes is 1. The summed E-state index contributed by atoms with van der Waals surface area (Å²) in [6, 6.07) is 4.33. The van der Waals surface area contributed by atoms with Crippen LogP contribution in [-0.4, -0.2) is 55.3 Å². The standard InChI is InChI=1S/C17H20Cl2N2O4/c1-11-10-21(15(6-8-22)17(24)25-2)16(23)5-7-20(11)12-3-4-13(18)14(19)9-12/h3-4,8-9,11,15H,5-7,10H2,1-2H3/t11?,15-/m0/s1. The molecule has 8 heteroatoms. The molecule has 0 saturated carbocycles. The van der Waals surface area contributed by atoms with Gasteiger partial charge in [0.1, 0.15) is 12.3 Å². The van der Waals surface area contributed by atoms with Crippen molar-refractivity contribution in [3.05, 3.63) is 28.2 Å². The number of nitrogens with zero attached hydrogens (tertiary/aromatic N) is 2. The molecule has 1 saturated heterocycles. The van der Waals surface area contributed by atoms with Crippen LogP contribution in [0.25, 0.3) is 0 Å². The maximum absolute atomic E-state index is 12.5. The Kier molecular flexibility index (Phi) is 6.67. The van der Waals surface area contributed by atoms with E-state index in [0.717, 1.165) is 5.69 Å². The Hall–Kier alpha value is -1.79. The number of hydrogen-bond donors (Lipinski definition) is 0. The van der Waals surface area contributed by atoms with Crippen LogP contribution in [-0.2, 0) is 19.1 Å². The van der Waals surface area contributed by atoms with E-state index in [1.165, 1.54) is 12.0 Å². The molecule has 1 aliphatic heterocycles. The summed E-state index contributed by atoms with van der Waals surface area (Å²) in [5.41, 5.74) is 0.849. The summed E-state index contributed by atoms with van der Waals surface area (Å²) in [5, 5.41) is 0.898. The van der Waals surface area contributed by atoms with Crippen LogP contribution in [0, 0.1) is 0 Å². The number of rotatable bonds is 5. The molecule has 0 radical (unpaired) electrons. The van der Waals surface area contributed by atoms with Gasteiger partial charge in [-0.2, -0.15) is 0 Å². The molecule has 6 nitrogen and oxygen atoms in total. The summed E-state index contributed by atoms with van der Waals surface area (Å²) >= 11 is 12.1. The van der Waals surface area contributed by atoms with Crippen molar-refractivity contribution in [1.82, 2.24) is 4.90 Å². The Labute approximate surface area is 156 Å². The van der Waals surface area contributed by atoms with Crippen LogP contribution < -0.4 is 4.90 Å². The molecule has 1 unspecified atom stereocenters. The Morgan fingerprint density at radius 1 is 1.40 bits per heavy atom. The van der Waals surface area contributed by atoms with Crippen LogP contribution in [0.5, 0.6) is 0 Å². The summed E-state index contributed by atoms with van der Waals surface area (Å²) in [5.74, 6) is -0.776. The first kappa shape index (κ1) is 19.5. The predicted molar refractivity (Wildman–Crippen MR) is 96.1 cm³/mol. The highest BCUT2D eigenvalue weighted by Crippen LogP contribution is 2.29. The first-order chi connectivity index (χ1) is 11.9. The molecule has 2 atom stereocenters. The van der Waals surface area contributed by atoms with E-state index in [4.69, 9.17) is 27.9 Å². The second-order valence-corrected chi connectivity index (χ2v) is 6.69. The van der Waals surface area contributed by atoms with Crippen molar-refractivity contribution in [3.63, 3.8) is 0 Å². The zero-order chi connectivity index (χ0) is 18.6. The van der Waals surface area contributed by atoms with Crippen molar-refractivity contribution in [3.8, 4) is 0 Å². The maximum Gasteiger partial charge on any atom is 0.329 e. The lowest BCUT2D eigenvalue weighted by molar-refractivity contribution is -0.153. The zero-order valence-electron chi connectivity index (χ0n) is 14.1. The van der Waals surface area contributed by atoms with E-state index < -0.39 is 12.0 Å². The molecule has 0 N–H and O–H groups in total. The molecule has 0 spiro atoms. The summed E-state index contributed by atoms with van der Waals surface area (Å²) < 4.78 is 4.75. The van der Waals surface area contributed by atoms with E-state index in [2.05, 4.69) is 0 Å². The number of hydrogen-bond acceptors (Lipinski definition) is 5. The third kappa shape index (κ3) is 4.44. The average Bonchev–Trinajstić information content (AvgIpc) is 2.73. The number of ether oxygens (including phenoxy) is 1. The van der Waals surface area contributed by atoms with Crippen molar-refractivity contribution in [2.24, 2.45) is 0 Å². The highest BCUT2D eigenvalue weighted by atomic mass is 35.5. The third-order valence-corrected chi connectivity index (χ3v) is 5.02. The number of carbonyl (C=O) groups excluding carboxylic acids is 3. The van der Waals surface area contributed by atoms with Crippen molar-refractivity contribution < 1.29 is 19.1 Å². The van der Waals surface area contributed by atoms with Crippen molar-refractivity contribution >= 4 is 47.1 Å². The normalized spacial score (nSPS) is 19.4. The molecular formula is C17H20Cl2N2O4. The highest BCUT2D eigenvalue weighted by Gasteiger charge is 2.35. The van der Waals surface area contributed by atoms with Gasteiger partial charge in [-0.15, -0.1) is 0 Å². The number of amides is 1. The fourth-order valence-corrected chi connectivity index (χ4v) is 3.28. The highest BCUT2D eigenvalue weighted by molar-refractivity contribution is 6.42. The SMILES string of the molecule is COC(=O)[C@H](CC=O)N1CC(C)N(c2ccc(Cl)c(Cl)c2)CCC1=O. The van der Waals surface area contributed by atoms with E-state index in [-0.39, 0.29) is 24.8 Å². The van der Waals surface area contributed by atoms with Gasteiger partial charge in [0.15, 0.2) is 0 Å². The molecule has 25 heavy (non-hydrogen) atoms. The lowest BCUT2D eigenvalue weighted by atomic mass is 10.1. The Morgan fingerprint density at radius 3 is 2.72 bits per heavy atom. The molecule has 1 aromatic rings. The first-order valence-electron chi connectivity index (χ1n) is 7.91. The molecule has 1 fully saturated rings. The number of anilines is 1. The van der Waals surface area contributed by atoms with Gasteiger partial charge in [-0.05, 0) is 25.1 Å². The fourth-order valence-electron chi connectivity index (χ4n) is 2.99. The van der Waals surface area contributed by atoms with Gasteiger partial charge in [0.05, 0.1) is 17.2 Å². The zero-order valence-corrected chi connectivity index (χ0v) is 15.6. The Morgan fingerprint density at radius 2 is 2.12 bits per heavy atom. The Bertz CT molecular complexity index is 668. The molecule has 0 aliphatic carbocycles. The first-order valence-corrected chi connectivity index (χ1v) is 8.67. The summed E-state index contributed by atoms with van der Waals surface area (Å²) in [6.45, 7) is 2.72. The van der Waals surface area contributed by atoms with Crippen LogP contribution in [0.3, 0.4) is 0 Å². The van der Waals surface area contributed by atoms with Crippen LogP contribution in [0.15, 0.2) is 18.2 Å². The van der Waals surface area contributed by atoms with Crippen molar-refractivity contribution in [1.29, 1.82) is 0 Å². The largest absolute Gasteiger partial charge is 0.467 e. The molecule has 0 aromatic heterocycles. The van der Waals surface area contributed by atoms with Crippen LogP contribution in [0.2, 0.25) is 10.0 Å². The molecule has 136 valence electrons. The van der Waals surface area contributed by atoms with E-state index in [1.54, 1.807) is 12.1 Å². The lowest BCUT2D eigenvalue weighted by Gasteiger charge is -2.33. The van der Waals surface area contributed by atoms with Crippen LogP contribution in [0.4, 0.5) is 5.69 Å². The number of halogens is 2. The summed E-state index contributed by atoms with van der Waals surface area (Å²) in [4.78, 5) is 38.9. The lowest BCUT2D eigenvalue weighted by Crippen LogP contribution is -2.49. The minimum absolute atomic E-state index is 0.0810. The van der Waals surface area contributed by atoms with E-state index >= 15 is 0 Å². The minimum Gasteiger partial charge on any atom is -0.467 e. The fraction of sp³-hybridized carbons (Fsp3) is 0.471. The number of carbonyl (C=O) groups is 3. The van der Waals surface area contributed by atoms with Gasteiger partial charge in [0, 0.05) is 37.7 Å². The minimum atomic E-state index is -0.897. The van der Waals surface area contributed by atoms with Crippen molar-refractivity contribution in [2.75, 3.05) is 25.1 Å². The number of esters is 1. The van der Waals surface area contributed by atoms with Crippen molar-refractivity contribution in [2.45, 2.75) is 31.8 Å². The molecular weight excluding hydrogens is 367 g/mol. The third-order valence-electron chi connectivity index (χ3n) is 4.28. The molecule has 1 amide bonds. The smallest absolute Gasteiger partial charge is 0.329 e. The quantitative estimate of drug-likeness (QED) is 0.574. The second kappa shape index (κ2) is 8.54. The molecule has 0 bridgehead atoms. The van der Waals surface area contributed by atoms with Gasteiger partial charge in [-0.3, -0.25) is 4.79 Å². The molecule has 2 rings (SSSR count). The topological polar surface area (TPSA) is 66.9 Å². The predicted octanol–water partition coefficient (Wildman–Crippen LogP) is 2.55. The maximum atomic E-state index is 12.5. The number of methoxy groups -OCH3 is 1. The second-order valence-electron chi connectivity index (χ2n) is 5.88. The van der Waals surface area contributed by atoms with Crippen LogP contribution >= 0.6 is 23.2 Å². The van der Waals surface area contributed by atoms with Gasteiger partial charge >= 0.3 is 5.97 Å². The van der Waals surface area contributed by atoms with E-state index in [1.807, 2.05) is 17.9 Å². The van der Waals surface area contributed by atoms with Gasteiger partial charge in [-0.25, -0.2) is 4.79 Å². The van der Waals surface area contributed by atoms with Gasteiger partial charge in [0.25, 0.3) is 0 Å². The summed E-state index contributed by atoms with van der Waals surface area (Å²) in [7, 11) is 1.24. The average molecular weight is 387 g/mol.